The quantitative estimate of drug-likeness (QED) is 0.699. The van der Waals surface area contributed by atoms with Crippen molar-refractivity contribution in [2.45, 2.75) is 38.6 Å². The molecule has 0 spiro atoms. The van der Waals surface area contributed by atoms with Gasteiger partial charge in [-0.1, -0.05) is 0 Å². The van der Waals surface area contributed by atoms with Gasteiger partial charge in [-0.05, 0) is 20.8 Å². The average molecular weight is 217 g/mol. The molecule has 0 aromatic rings. The van der Waals surface area contributed by atoms with Crippen LogP contribution < -0.4 is 0 Å². The zero-order chi connectivity index (χ0) is 11.6. The van der Waals surface area contributed by atoms with Gasteiger partial charge in [0.05, 0.1) is 19.2 Å². The number of aliphatic hydroxyl groups is 1. The summed E-state index contributed by atoms with van der Waals surface area (Å²) in [6.45, 7) is 6.08. The number of hydrogen-bond donors (Lipinski definition) is 1. The molecule has 1 fully saturated rings. The van der Waals surface area contributed by atoms with E-state index in [-0.39, 0.29) is 12.6 Å². The Labute approximate surface area is 90.0 Å². The van der Waals surface area contributed by atoms with Gasteiger partial charge >= 0.3 is 6.09 Å². The van der Waals surface area contributed by atoms with E-state index in [2.05, 4.69) is 0 Å². The van der Waals surface area contributed by atoms with E-state index in [1.54, 1.807) is 0 Å². The first-order chi connectivity index (χ1) is 6.83. The Bertz CT molecular complexity index is 236. The van der Waals surface area contributed by atoms with Crippen LogP contribution in [0.4, 0.5) is 4.79 Å². The number of rotatable bonds is 1. The zero-order valence-corrected chi connectivity index (χ0v) is 9.69. The number of nitrogens with zero attached hydrogens (tertiary/aromatic N) is 1. The highest BCUT2D eigenvalue weighted by Crippen LogP contribution is 2.17. The van der Waals surface area contributed by atoms with Gasteiger partial charge in [0, 0.05) is 7.11 Å². The van der Waals surface area contributed by atoms with Crippen molar-refractivity contribution in [2.24, 2.45) is 0 Å². The van der Waals surface area contributed by atoms with E-state index in [0.717, 1.165) is 0 Å². The van der Waals surface area contributed by atoms with Crippen molar-refractivity contribution in [3.63, 3.8) is 0 Å². The van der Waals surface area contributed by atoms with Gasteiger partial charge in [-0.2, -0.15) is 0 Å². The van der Waals surface area contributed by atoms with Crippen LogP contribution in [0.3, 0.4) is 0 Å². The van der Waals surface area contributed by atoms with Crippen molar-refractivity contribution in [1.29, 1.82) is 0 Å². The Balaban J connectivity index is 2.50. The summed E-state index contributed by atoms with van der Waals surface area (Å²) >= 11 is 0. The van der Waals surface area contributed by atoms with Crippen LogP contribution in [0.2, 0.25) is 0 Å². The lowest BCUT2D eigenvalue weighted by Crippen LogP contribution is -2.36. The number of carbonyl (C=O) groups excluding carboxylic acids is 1. The summed E-state index contributed by atoms with van der Waals surface area (Å²) in [5, 5.41) is 9.53. The largest absolute Gasteiger partial charge is 0.444 e. The second-order valence-electron chi connectivity index (χ2n) is 4.73. The fourth-order valence-electron chi connectivity index (χ4n) is 1.46. The molecule has 1 rings (SSSR count). The monoisotopic (exact) mass is 217 g/mol. The Kier molecular flexibility index (Phi) is 3.57. The number of methoxy groups -OCH3 is 1. The van der Waals surface area contributed by atoms with Gasteiger partial charge in [-0.15, -0.1) is 0 Å². The number of β-amino-alcohol motifs (C(OH)–C–C–N with tert-alkyl or cyclic N) is 1. The number of ether oxygens (including phenoxy) is 2. The lowest BCUT2D eigenvalue weighted by Gasteiger charge is -2.24. The van der Waals surface area contributed by atoms with Crippen LogP contribution in [0.25, 0.3) is 0 Å². The predicted octanol–water partition coefficient (Wildman–Crippen LogP) is 0.613. The number of hydrogen-bond acceptors (Lipinski definition) is 4. The SMILES string of the molecule is COC1CN(C(=O)OC(C)(C)C)C[C@H]1O. The van der Waals surface area contributed by atoms with Gasteiger partial charge in [-0.3, -0.25) is 0 Å². The fraction of sp³-hybridized carbons (Fsp3) is 0.900. The number of amides is 1. The molecule has 0 aliphatic carbocycles. The molecule has 0 aromatic heterocycles. The van der Waals surface area contributed by atoms with E-state index in [9.17, 15) is 9.90 Å². The maximum absolute atomic E-state index is 11.6. The minimum Gasteiger partial charge on any atom is -0.444 e. The first-order valence-corrected chi connectivity index (χ1v) is 5.02. The van der Waals surface area contributed by atoms with E-state index in [0.29, 0.717) is 6.54 Å². The molecule has 1 heterocycles. The van der Waals surface area contributed by atoms with Crippen molar-refractivity contribution in [2.75, 3.05) is 20.2 Å². The maximum atomic E-state index is 11.6. The van der Waals surface area contributed by atoms with Crippen LogP contribution in [0.5, 0.6) is 0 Å². The van der Waals surface area contributed by atoms with E-state index in [1.165, 1.54) is 12.0 Å². The molecule has 5 heteroatoms. The molecule has 1 saturated heterocycles. The third-order valence-corrected chi connectivity index (χ3v) is 2.19. The molecule has 1 N–H and O–H groups in total. The third-order valence-electron chi connectivity index (χ3n) is 2.19. The maximum Gasteiger partial charge on any atom is 0.410 e. The average Bonchev–Trinajstić information content (AvgIpc) is 2.43. The number of likely N-dealkylation sites (tertiary alicyclic amines) is 1. The van der Waals surface area contributed by atoms with Crippen LogP contribution >= 0.6 is 0 Å². The van der Waals surface area contributed by atoms with E-state index < -0.39 is 17.8 Å². The van der Waals surface area contributed by atoms with Gasteiger partial charge in [0.2, 0.25) is 0 Å². The summed E-state index contributed by atoms with van der Waals surface area (Å²) in [4.78, 5) is 13.1. The summed E-state index contributed by atoms with van der Waals surface area (Å²) in [6, 6.07) is 0. The van der Waals surface area contributed by atoms with E-state index in [1.807, 2.05) is 20.8 Å². The summed E-state index contributed by atoms with van der Waals surface area (Å²) in [7, 11) is 1.52. The molecule has 2 atom stereocenters. The van der Waals surface area contributed by atoms with Crippen LogP contribution in [0.1, 0.15) is 20.8 Å². The number of carbonyl (C=O) groups is 1. The van der Waals surface area contributed by atoms with Gasteiger partial charge < -0.3 is 19.5 Å². The van der Waals surface area contributed by atoms with Gasteiger partial charge in [0.25, 0.3) is 0 Å². The Hall–Kier alpha value is -0.810. The summed E-state index contributed by atoms with van der Waals surface area (Å²) in [5.41, 5.74) is -0.507. The molecule has 0 aromatic carbocycles. The molecule has 5 nitrogen and oxygen atoms in total. The molecular weight excluding hydrogens is 198 g/mol. The van der Waals surface area contributed by atoms with Crippen LogP contribution in [-0.2, 0) is 9.47 Å². The standard InChI is InChI=1S/C10H19NO4/c1-10(2,3)15-9(13)11-5-7(12)8(6-11)14-4/h7-8,12H,5-6H2,1-4H3/t7-,8?/m1/s1. The molecule has 1 aliphatic heterocycles. The van der Waals surface area contributed by atoms with Crippen molar-refractivity contribution in [3.05, 3.63) is 0 Å². The molecule has 1 aliphatic rings. The lowest BCUT2D eigenvalue weighted by molar-refractivity contribution is 0.0199. The third kappa shape index (κ3) is 3.35. The molecule has 0 bridgehead atoms. The normalized spacial score (nSPS) is 26.9. The summed E-state index contributed by atoms with van der Waals surface area (Å²) < 4.78 is 10.2. The molecule has 88 valence electrons. The van der Waals surface area contributed by atoms with Crippen molar-refractivity contribution in [3.8, 4) is 0 Å². The van der Waals surface area contributed by atoms with E-state index >= 15 is 0 Å². The van der Waals surface area contributed by atoms with Gasteiger partial charge in [-0.25, -0.2) is 4.79 Å². The Morgan fingerprint density at radius 2 is 2.00 bits per heavy atom. The smallest absolute Gasteiger partial charge is 0.410 e. The molecule has 1 amide bonds. The molecule has 0 radical (unpaired) electrons. The number of aliphatic hydroxyl groups excluding tert-OH is 1. The summed E-state index contributed by atoms with van der Waals surface area (Å²) in [5.74, 6) is 0. The zero-order valence-electron chi connectivity index (χ0n) is 9.69. The van der Waals surface area contributed by atoms with Gasteiger partial charge in [0.15, 0.2) is 0 Å². The Morgan fingerprint density at radius 1 is 1.40 bits per heavy atom. The minimum absolute atomic E-state index is 0.271. The molecular formula is C10H19NO4. The predicted molar refractivity (Wildman–Crippen MR) is 54.6 cm³/mol. The summed E-state index contributed by atoms with van der Waals surface area (Å²) in [6.07, 6.45) is -1.33. The highest BCUT2D eigenvalue weighted by Gasteiger charge is 2.36. The molecule has 1 unspecified atom stereocenters. The first kappa shape index (κ1) is 12.3. The van der Waals surface area contributed by atoms with Crippen LogP contribution in [0, 0.1) is 0 Å². The van der Waals surface area contributed by atoms with Crippen LogP contribution in [0.15, 0.2) is 0 Å². The highest BCUT2D eigenvalue weighted by molar-refractivity contribution is 5.68. The van der Waals surface area contributed by atoms with E-state index in [4.69, 9.17) is 9.47 Å². The minimum atomic E-state index is -0.623. The molecule has 15 heavy (non-hydrogen) atoms. The van der Waals surface area contributed by atoms with Gasteiger partial charge in [0.1, 0.15) is 11.7 Å². The lowest BCUT2D eigenvalue weighted by atomic mass is 10.2. The second-order valence-corrected chi connectivity index (χ2v) is 4.73. The van der Waals surface area contributed by atoms with Crippen LogP contribution in [-0.4, -0.2) is 54.1 Å². The molecule has 0 saturated carbocycles. The van der Waals surface area contributed by atoms with Crippen molar-refractivity contribution < 1.29 is 19.4 Å². The Morgan fingerprint density at radius 3 is 2.40 bits per heavy atom. The van der Waals surface area contributed by atoms with Crippen molar-refractivity contribution >= 4 is 6.09 Å². The highest BCUT2D eigenvalue weighted by atomic mass is 16.6. The topological polar surface area (TPSA) is 59.0 Å². The first-order valence-electron chi connectivity index (χ1n) is 5.02. The fourth-order valence-corrected chi connectivity index (χ4v) is 1.46. The van der Waals surface area contributed by atoms with Crippen molar-refractivity contribution in [1.82, 2.24) is 4.90 Å². The second kappa shape index (κ2) is 4.37.